The van der Waals surface area contributed by atoms with Gasteiger partial charge in [0.25, 0.3) is 0 Å². The van der Waals surface area contributed by atoms with Crippen molar-refractivity contribution in [3.8, 4) is 45.3 Å². The SMILES string of the molecule is COc1ccc(-c2cn(OC)cc2-c2cc(OC)c(OC)c(OC)c2)cc1[N+](=O)[O-]. The minimum absolute atomic E-state index is 0.129. The molecular formula is C21H22N2O7. The van der Waals surface area contributed by atoms with Gasteiger partial charge in [-0.25, -0.2) is 0 Å². The lowest BCUT2D eigenvalue weighted by Gasteiger charge is -2.14. The van der Waals surface area contributed by atoms with Crippen LogP contribution in [0.25, 0.3) is 22.3 Å². The van der Waals surface area contributed by atoms with E-state index < -0.39 is 4.92 Å². The first kappa shape index (κ1) is 20.8. The highest BCUT2D eigenvalue weighted by Gasteiger charge is 2.21. The third-order valence-corrected chi connectivity index (χ3v) is 4.68. The zero-order valence-corrected chi connectivity index (χ0v) is 17.3. The number of hydrogen-bond donors (Lipinski definition) is 0. The van der Waals surface area contributed by atoms with Crippen LogP contribution in [0.3, 0.4) is 0 Å². The molecule has 3 rings (SSSR count). The second kappa shape index (κ2) is 8.64. The lowest BCUT2D eigenvalue weighted by atomic mass is 9.98. The fraction of sp³-hybridized carbons (Fsp3) is 0.238. The Morgan fingerprint density at radius 2 is 1.33 bits per heavy atom. The largest absolute Gasteiger partial charge is 0.493 e. The van der Waals surface area contributed by atoms with Crippen molar-refractivity contribution in [2.24, 2.45) is 0 Å². The first-order valence-electron chi connectivity index (χ1n) is 8.87. The second-order valence-corrected chi connectivity index (χ2v) is 6.19. The molecule has 9 heteroatoms. The van der Waals surface area contributed by atoms with E-state index in [9.17, 15) is 10.1 Å². The standard InChI is InChI=1S/C21H22N2O7/c1-26-18-7-6-13(8-17(18)23(24)25)15-11-22(30-5)12-16(15)14-9-19(27-2)21(29-4)20(10-14)28-3/h6-12H,1-5H3. The van der Waals surface area contributed by atoms with Crippen LogP contribution < -0.4 is 23.8 Å². The van der Waals surface area contributed by atoms with E-state index in [1.807, 2.05) is 0 Å². The minimum Gasteiger partial charge on any atom is -0.493 e. The van der Waals surface area contributed by atoms with E-state index in [1.165, 1.54) is 46.3 Å². The van der Waals surface area contributed by atoms with Gasteiger partial charge in [0.15, 0.2) is 17.2 Å². The van der Waals surface area contributed by atoms with Gasteiger partial charge in [0.2, 0.25) is 5.75 Å². The van der Waals surface area contributed by atoms with Crippen LogP contribution in [0.2, 0.25) is 0 Å². The Hall–Kier alpha value is -3.88. The van der Waals surface area contributed by atoms with Gasteiger partial charge in [-0.3, -0.25) is 10.1 Å². The summed E-state index contributed by atoms with van der Waals surface area (Å²) in [5.74, 6) is 1.63. The number of hydrogen-bond acceptors (Lipinski definition) is 7. The van der Waals surface area contributed by atoms with Crippen molar-refractivity contribution in [3.63, 3.8) is 0 Å². The van der Waals surface area contributed by atoms with Crippen molar-refractivity contribution in [3.05, 3.63) is 52.8 Å². The molecule has 0 fully saturated rings. The molecule has 2 aromatic carbocycles. The van der Waals surface area contributed by atoms with Gasteiger partial charge < -0.3 is 23.8 Å². The molecule has 0 atom stereocenters. The maximum Gasteiger partial charge on any atom is 0.311 e. The molecule has 0 saturated heterocycles. The molecular weight excluding hydrogens is 392 g/mol. The van der Waals surface area contributed by atoms with E-state index in [0.29, 0.717) is 22.8 Å². The Bertz CT molecular complexity index is 1050. The predicted molar refractivity (Wildman–Crippen MR) is 111 cm³/mol. The highest BCUT2D eigenvalue weighted by atomic mass is 16.6. The van der Waals surface area contributed by atoms with E-state index in [1.54, 1.807) is 36.7 Å². The average Bonchev–Trinajstić information content (AvgIpc) is 3.22. The molecule has 0 N–H and O–H groups in total. The molecule has 9 nitrogen and oxygen atoms in total. The monoisotopic (exact) mass is 414 g/mol. The minimum atomic E-state index is -0.477. The summed E-state index contributed by atoms with van der Waals surface area (Å²) in [5, 5.41) is 11.5. The number of rotatable bonds is 8. The Morgan fingerprint density at radius 3 is 1.80 bits per heavy atom. The summed E-state index contributed by atoms with van der Waals surface area (Å²) >= 11 is 0. The zero-order chi connectivity index (χ0) is 21.8. The summed E-state index contributed by atoms with van der Waals surface area (Å²) in [6, 6.07) is 8.39. The van der Waals surface area contributed by atoms with Crippen molar-refractivity contribution in [1.82, 2.24) is 4.73 Å². The van der Waals surface area contributed by atoms with Crippen LogP contribution in [-0.2, 0) is 0 Å². The van der Waals surface area contributed by atoms with Crippen molar-refractivity contribution < 1.29 is 28.7 Å². The number of nitro groups is 1. The summed E-state index contributed by atoms with van der Waals surface area (Å²) in [6.45, 7) is 0. The molecule has 0 aliphatic carbocycles. The van der Waals surface area contributed by atoms with Crippen LogP contribution in [0.1, 0.15) is 0 Å². The molecule has 1 aromatic heterocycles. The maximum atomic E-state index is 11.5. The van der Waals surface area contributed by atoms with Crippen LogP contribution in [-0.4, -0.2) is 45.2 Å². The molecule has 158 valence electrons. The summed E-state index contributed by atoms with van der Waals surface area (Å²) in [7, 11) is 7.53. The predicted octanol–water partition coefficient (Wildman–Crippen LogP) is 3.82. The Balaban J connectivity index is 2.24. The van der Waals surface area contributed by atoms with Gasteiger partial charge in [-0.2, -0.15) is 4.73 Å². The summed E-state index contributed by atoms with van der Waals surface area (Å²) in [5.41, 5.74) is 2.74. The molecule has 3 aromatic rings. The second-order valence-electron chi connectivity index (χ2n) is 6.19. The van der Waals surface area contributed by atoms with Crippen molar-refractivity contribution in [2.45, 2.75) is 0 Å². The Kier molecular flexibility index (Phi) is 6.01. The van der Waals surface area contributed by atoms with Gasteiger partial charge in [0.05, 0.1) is 45.8 Å². The molecule has 0 amide bonds. The quantitative estimate of drug-likeness (QED) is 0.408. The number of aromatic nitrogens is 1. The summed E-state index contributed by atoms with van der Waals surface area (Å²) in [6.07, 6.45) is 3.51. The zero-order valence-electron chi connectivity index (χ0n) is 17.3. The van der Waals surface area contributed by atoms with Crippen molar-refractivity contribution >= 4 is 5.69 Å². The number of ether oxygens (including phenoxy) is 4. The van der Waals surface area contributed by atoms with Crippen LogP contribution in [0.15, 0.2) is 42.7 Å². The number of nitrogens with zero attached hydrogens (tertiary/aromatic N) is 2. The normalized spacial score (nSPS) is 10.4. The highest BCUT2D eigenvalue weighted by molar-refractivity contribution is 5.86. The Morgan fingerprint density at radius 1 is 0.767 bits per heavy atom. The van der Waals surface area contributed by atoms with E-state index in [-0.39, 0.29) is 11.4 Å². The number of benzene rings is 2. The molecule has 30 heavy (non-hydrogen) atoms. The molecule has 0 spiro atoms. The van der Waals surface area contributed by atoms with Crippen LogP contribution >= 0.6 is 0 Å². The highest BCUT2D eigenvalue weighted by Crippen LogP contribution is 2.44. The van der Waals surface area contributed by atoms with Gasteiger partial charge in [0, 0.05) is 17.2 Å². The van der Waals surface area contributed by atoms with Gasteiger partial charge >= 0.3 is 5.69 Å². The van der Waals surface area contributed by atoms with Gasteiger partial charge in [0.1, 0.15) is 7.11 Å². The fourth-order valence-corrected chi connectivity index (χ4v) is 3.23. The Labute approximate surface area is 173 Å². The topological polar surface area (TPSA) is 94.2 Å². The number of methoxy groups -OCH3 is 4. The third-order valence-electron chi connectivity index (χ3n) is 4.68. The van der Waals surface area contributed by atoms with Gasteiger partial charge in [-0.1, -0.05) is 6.07 Å². The molecule has 0 saturated carbocycles. The molecule has 0 radical (unpaired) electrons. The maximum absolute atomic E-state index is 11.5. The van der Waals surface area contributed by atoms with Gasteiger partial charge in [-0.05, 0) is 29.3 Å². The first-order valence-corrected chi connectivity index (χ1v) is 8.87. The third kappa shape index (κ3) is 3.69. The fourth-order valence-electron chi connectivity index (χ4n) is 3.23. The van der Waals surface area contributed by atoms with Gasteiger partial charge in [-0.15, -0.1) is 0 Å². The first-order chi connectivity index (χ1) is 14.5. The molecule has 0 aliphatic heterocycles. The molecule has 1 heterocycles. The molecule has 0 unspecified atom stereocenters. The van der Waals surface area contributed by atoms with Crippen LogP contribution in [0.4, 0.5) is 5.69 Å². The van der Waals surface area contributed by atoms with E-state index in [2.05, 4.69) is 0 Å². The van der Waals surface area contributed by atoms with Crippen molar-refractivity contribution in [1.29, 1.82) is 0 Å². The van der Waals surface area contributed by atoms with Crippen molar-refractivity contribution in [2.75, 3.05) is 35.5 Å². The molecule has 0 bridgehead atoms. The van der Waals surface area contributed by atoms with E-state index in [4.69, 9.17) is 23.8 Å². The number of nitro benzene ring substituents is 1. The average molecular weight is 414 g/mol. The molecule has 0 aliphatic rings. The lowest BCUT2D eigenvalue weighted by molar-refractivity contribution is -0.385. The summed E-state index contributed by atoms with van der Waals surface area (Å²) in [4.78, 5) is 16.3. The summed E-state index contributed by atoms with van der Waals surface area (Å²) < 4.78 is 22.9. The lowest BCUT2D eigenvalue weighted by Crippen LogP contribution is -2.00. The smallest absolute Gasteiger partial charge is 0.311 e. The van der Waals surface area contributed by atoms with Crippen LogP contribution in [0, 0.1) is 10.1 Å². The van der Waals surface area contributed by atoms with E-state index in [0.717, 1.165) is 16.7 Å². The van der Waals surface area contributed by atoms with Crippen LogP contribution in [0.5, 0.6) is 23.0 Å². The van der Waals surface area contributed by atoms with E-state index >= 15 is 0 Å².